The van der Waals surface area contributed by atoms with E-state index in [1.807, 2.05) is 19.9 Å². The first-order valence-electron chi connectivity index (χ1n) is 7.55. The highest BCUT2D eigenvalue weighted by atomic mass is 19.1. The van der Waals surface area contributed by atoms with Gasteiger partial charge in [-0.2, -0.15) is 0 Å². The number of carbonyl (C=O) groups excluding carboxylic acids is 1. The third-order valence-corrected chi connectivity index (χ3v) is 3.64. The Morgan fingerprint density at radius 3 is 2.61 bits per heavy atom. The fourth-order valence-corrected chi connectivity index (χ4v) is 2.52. The van der Waals surface area contributed by atoms with Crippen LogP contribution < -0.4 is 5.73 Å². The van der Waals surface area contributed by atoms with Crippen LogP contribution in [-0.4, -0.2) is 16.7 Å². The summed E-state index contributed by atoms with van der Waals surface area (Å²) in [7, 11) is 0. The number of rotatable bonds is 6. The van der Waals surface area contributed by atoms with E-state index in [-0.39, 0.29) is 5.82 Å². The van der Waals surface area contributed by atoms with Gasteiger partial charge in [-0.05, 0) is 68.5 Å². The molecule has 2 aromatic rings. The van der Waals surface area contributed by atoms with Crippen LogP contribution in [0.2, 0.25) is 0 Å². The summed E-state index contributed by atoms with van der Waals surface area (Å²) in [6.07, 6.45) is 4.77. The van der Waals surface area contributed by atoms with E-state index in [0.29, 0.717) is 12.0 Å². The van der Waals surface area contributed by atoms with Gasteiger partial charge in [0, 0.05) is 18.0 Å². The van der Waals surface area contributed by atoms with E-state index >= 15 is 0 Å². The molecule has 0 radical (unpaired) electrons. The maximum Gasteiger partial charge on any atom is 0.405 e. The number of hydrogen-bond acceptors (Lipinski definition) is 3. The van der Waals surface area contributed by atoms with Gasteiger partial charge < -0.3 is 10.5 Å². The fraction of sp³-hybridized carbons (Fsp3) is 0.333. The van der Waals surface area contributed by atoms with Gasteiger partial charge in [0.25, 0.3) is 0 Å². The van der Waals surface area contributed by atoms with Crippen molar-refractivity contribution in [2.75, 3.05) is 0 Å². The van der Waals surface area contributed by atoms with Crippen LogP contribution in [0.4, 0.5) is 9.18 Å². The molecule has 0 saturated carbocycles. The Hall–Kier alpha value is -2.43. The topological polar surface area (TPSA) is 65.2 Å². The molecule has 122 valence electrons. The molecule has 2 N–H and O–H groups in total. The summed E-state index contributed by atoms with van der Waals surface area (Å²) < 4.78 is 19.1. The Bertz CT molecular complexity index is 672. The van der Waals surface area contributed by atoms with Gasteiger partial charge >= 0.3 is 6.09 Å². The molecule has 0 saturated heterocycles. The number of aryl methyl sites for hydroxylation is 1. The number of pyridine rings is 1. The standard InChI is InChI=1S/C18H21FN2O2/c1-18(2,23-17(20)22)9-3-4-13-5-6-16(19)15(12-13)14-7-10-21-11-8-14/h5-8,10-12H,3-4,9H2,1-2H3,(H2,20,22). The largest absolute Gasteiger partial charge is 0.444 e. The SMILES string of the molecule is CC(C)(CCCc1ccc(F)c(-c2ccncc2)c1)OC(N)=O. The van der Waals surface area contributed by atoms with Crippen molar-refractivity contribution in [3.05, 3.63) is 54.1 Å². The monoisotopic (exact) mass is 316 g/mol. The first kappa shape index (κ1) is 16.9. The molecule has 0 spiro atoms. The Labute approximate surface area is 135 Å². The zero-order valence-corrected chi connectivity index (χ0v) is 13.4. The zero-order chi connectivity index (χ0) is 16.9. The summed E-state index contributed by atoms with van der Waals surface area (Å²) in [6.45, 7) is 3.65. The summed E-state index contributed by atoms with van der Waals surface area (Å²) >= 11 is 0. The first-order chi connectivity index (χ1) is 10.9. The molecule has 4 nitrogen and oxygen atoms in total. The summed E-state index contributed by atoms with van der Waals surface area (Å²) in [5, 5.41) is 0. The number of primary amides is 1. The van der Waals surface area contributed by atoms with Crippen molar-refractivity contribution >= 4 is 6.09 Å². The third kappa shape index (κ3) is 5.06. The maximum atomic E-state index is 14.0. The van der Waals surface area contributed by atoms with Crippen LogP contribution >= 0.6 is 0 Å². The van der Waals surface area contributed by atoms with Crippen LogP contribution in [0.15, 0.2) is 42.7 Å². The second kappa shape index (κ2) is 7.22. The predicted molar refractivity (Wildman–Crippen MR) is 87.3 cm³/mol. The molecule has 2 rings (SSSR count). The minimum absolute atomic E-state index is 0.252. The van der Waals surface area contributed by atoms with Crippen LogP contribution in [0, 0.1) is 5.82 Å². The molecule has 0 unspecified atom stereocenters. The molecule has 0 fully saturated rings. The molecule has 0 atom stereocenters. The molecular weight excluding hydrogens is 295 g/mol. The number of nitrogens with zero attached hydrogens (tertiary/aromatic N) is 1. The molecule has 0 bridgehead atoms. The van der Waals surface area contributed by atoms with Gasteiger partial charge in [0.1, 0.15) is 11.4 Å². The smallest absolute Gasteiger partial charge is 0.405 e. The average Bonchev–Trinajstić information content (AvgIpc) is 2.48. The lowest BCUT2D eigenvalue weighted by Crippen LogP contribution is -2.31. The van der Waals surface area contributed by atoms with Gasteiger partial charge in [-0.3, -0.25) is 4.98 Å². The zero-order valence-electron chi connectivity index (χ0n) is 13.4. The van der Waals surface area contributed by atoms with Crippen LogP contribution in [0.1, 0.15) is 32.3 Å². The van der Waals surface area contributed by atoms with Gasteiger partial charge in [0.15, 0.2) is 0 Å². The van der Waals surface area contributed by atoms with Gasteiger partial charge in [-0.15, -0.1) is 0 Å². The van der Waals surface area contributed by atoms with E-state index in [0.717, 1.165) is 24.0 Å². The van der Waals surface area contributed by atoms with Crippen molar-refractivity contribution in [2.24, 2.45) is 5.73 Å². The lowest BCUT2D eigenvalue weighted by molar-refractivity contribution is 0.0378. The van der Waals surface area contributed by atoms with Crippen LogP contribution in [0.3, 0.4) is 0 Å². The lowest BCUT2D eigenvalue weighted by atomic mass is 9.96. The predicted octanol–water partition coefficient (Wildman–Crippen LogP) is 4.08. The number of aromatic nitrogens is 1. The third-order valence-electron chi connectivity index (χ3n) is 3.64. The number of ether oxygens (including phenoxy) is 1. The van der Waals surface area contributed by atoms with E-state index in [4.69, 9.17) is 10.5 Å². The van der Waals surface area contributed by atoms with E-state index in [9.17, 15) is 9.18 Å². The number of halogens is 1. The summed E-state index contributed by atoms with van der Waals surface area (Å²) in [6, 6.07) is 8.68. The van der Waals surface area contributed by atoms with E-state index < -0.39 is 11.7 Å². The normalized spacial score (nSPS) is 11.3. The minimum Gasteiger partial charge on any atom is -0.444 e. The Morgan fingerprint density at radius 2 is 1.96 bits per heavy atom. The molecule has 0 aliphatic carbocycles. The molecule has 1 aromatic carbocycles. The second-order valence-electron chi connectivity index (χ2n) is 6.08. The number of nitrogens with two attached hydrogens (primary N) is 1. The van der Waals surface area contributed by atoms with E-state index in [1.54, 1.807) is 30.6 Å². The number of amides is 1. The number of benzene rings is 1. The van der Waals surface area contributed by atoms with Gasteiger partial charge in [-0.1, -0.05) is 6.07 Å². The number of carbonyl (C=O) groups is 1. The van der Waals surface area contributed by atoms with Crippen molar-refractivity contribution in [3.63, 3.8) is 0 Å². The maximum absolute atomic E-state index is 14.0. The highest BCUT2D eigenvalue weighted by Crippen LogP contribution is 2.25. The highest BCUT2D eigenvalue weighted by Gasteiger charge is 2.21. The average molecular weight is 316 g/mol. The summed E-state index contributed by atoms with van der Waals surface area (Å²) in [5.41, 5.74) is 6.86. The van der Waals surface area contributed by atoms with E-state index in [1.165, 1.54) is 6.07 Å². The van der Waals surface area contributed by atoms with Crippen molar-refractivity contribution in [2.45, 2.75) is 38.7 Å². The lowest BCUT2D eigenvalue weighted by Gasteiger charge is -2.23. The molecule has 5 heteroatoms. The van der Waals surface area contributed by atoms with Crippen molar-refractivity contribution in [1.29, 1.82) is 0 Å². The van der Waals surface area contributed by atoms with Crippen LogP contribution in [-0.2, 0) is 11.2 Å². The Kier molecular flexibility index (Phi) is 5.32. The van der Waals surface area contributed by atoms with Gasteiger partial charge in [0.05, 0.1) is 0 Å². The van der Waals surface area contributed by atoms with Gasteiger partial charge in [-0.25, -0.2) is 9.18 Å². The number of hydrogen-bond donors (Lipinski definition) is 1. The molecule has 1 aromatic heterocycles. The van der Waals surface area contributed by atoms with Crippen LogP contribution in [0.25, 0.3) is 11.1 Å². The Balaban J connectivity index is 2.03. The minimum atomic E-state index is -0.767. The fourth-order valence-electron chi connectivity index (χ4n) is 2.52. The van der Waals surface area contributed by atoms with Crippen LogP contribution in [0.5, 0.6) is 0 Å². The van der Waals surface area contributed by atoms with Gasteiger partial charge in [0.2, 0.25) is 0 Å². The first-order valence-corrected chi connectivity index (χ1v) is 7.55. The van der Waals surface area contributed by atoms with E-state index in [2.05, 4.69) is 4.98 Å². The highest BCUT2D eigenvalue weighted by molar-refractivity contribution is 5.65. The molecule has 1 amide bonds. The molecule has 0 aliphatic heterocycles. The molecule has 0 aliphatic rings. The Morgan fingerprint density at radius 1 is 1.26 bits per heavy atom. The second-order valence-corrected chi connectivity index (χ2v) is 6.08. The summed E-state index contributed by atoms with van der Waals surface area (Å²) in [5.74, 6) is -0.252. The molecule has 1 heterocycles. The van der Waals surface area contributed by atoms with Crippen molar-refractivity contribution < 1.29 is 13.9 Å². The van der Waals surface area contributed by atoms with Crippen molar-refractivity contribution in [1.82, 2.24) is 4.98 Å². The summed E-state index contributed by atoms with van der Waals surface area (Å²) in [4.78, 5) is 14.8. The quantitative estimate of drug-likeness (QED) is 0.873. The van der Waals surface area contributed by atoms with Crippen molar-refractivity contribution in [3.8, 4) is 11.1 Å². The molecule has 23 heavy (non-hydrogen) atoms. The molecular formula is C18H21FN2O2.